The molecule has 0 bridgehead atoms. The van der Waals surface area contributed by atoms with Crippen molar-refractivity contribution in [2.45, 2.75) is 11.8 Å². The molecular formula is C16H13NOS. The third-order valence-electron chi connectivity index (χ3n) is 3.16. The van der Waals surface area contributed by atoms with E-state index in [9.17, 15) is 4.79 Å². The van der Waals surface area contributed by atoms with E-state index in [0.717, 1.165) is 16.0 Å². The average molecular weight is 267 g/mol. The number of hydrogen-bond acceptors (Lipinski definition) is 3. The molecular weight excluding hydrogens is 254 g/mol. The highest BCUT2D eigenvalue weighted by Crippen LogP contribution is 2.42. The number of carbonyl (C=O) groups excluding carboxylic acids is 1. The van der Waals surface area contributed by atoms with Gasteiger partial charge in [0.05, 0.1) is 10.6 Å². The lowest BCUT2D eigenvalue weighted by molar-refractivity contribution is 0.104. The minimum absolute atomic E-state index is 0.0266. The third kappa shape index (κ3) is 2.06. The fourth-order valence-corrected chi connectivity index (χ4v) is 3.13. The van der Waals surface area contributed by atoms with Crippen molar-refractivity contribution in [2.24, 2.45) is 5.73 Å². The van der Waals surface area contributed by atoms with Crippen LogP contribution in [0.15, 0.2) is 58.3 Å². The van der Waals surface area contributed by atoms with Gasteiger partial charge in [0.1, 0.15) is 0 Å². The van der Waals surface area contributed by atoms with Crippen molar-refractivity contribution in [1.82, 2.24) is 0 Å². The molecule has 3 heteroatoms. The van der Waals surface area contributed by atoms with Gasteiger partial charge in [0.2, 0.25) is 5.78 Å². The molecule has 0 aliphatic carbocycles. The number of benzene rings is 2. The number of aryl methyl sites for hydroxylation is 1. The van der Waals surface area contributed by atoms with Crippen LogP contribution in [0.3, 0.4) is 0 Å². The minimum Gasteiger partial charge on any atom is -0.397 e. The van der Waals surface area contributed by atoms with Crippen LogP contribution in [-0.4, -0.2) is 5.78 Å². The van der Waals surface area contributed by atoms with Crippen molar-refractivity contribution in [3.63, 3.8) is 0 Å². The number of rotatable bonds is 1. The predicted octanol–water partition coefficient (Wildman–Crippen LogP) is 3.61. The molecule has 94 valence electrons. The molecule has 2 N–H and O–H groups in total. The zero-order chi connectivity index (χ0) is 13.4. The lowest BCUT2D eigenvalue weighted by Crippen LogP contribution is -2.04. The van der Waals surface area contributed by atoms with E-state index in [2.05, 4.69) is 0 Å². The van der Waals surface area contributed by atoms with E-state index in [0.29, 0.717) is 10.6 Å². The average Bonchev–Trinajstić information content (AvgIpc) is 2.77. The highest BCUT2D eigenvalue weighted by molar-refractivity contribution is 8.05. The maximum absolute atomic E-state index is 12.3. The quantitative estimate of drug-likeness (QED) is 0.803. The van der Waals surface area contributed by atoms with Gasteiger partial charge < -0.3 is 5.73 Å². The molecule has 0 saturated heterocycles. The van der Waals surface area contributed by atoms with E-state index < -0.39 is 0 Å². The van der Waals surface area contributed by atoms with Gasteiger partial charge in [-0.3, -0.25) is 4.79 Å². The van der Waals surface area contributed by atoms with Crippen LogP contribution in [-0.2, 0) is 0 Å². The summed E-state index contributed by atoms with van der Waals surface area (Å²) < 4.78 is 0. The minimum atomic E-state index is 0.0266. The molecule has 2 aromatic carbocycles. The summed E-state index contributed by atoms with van der Waals surface area (Å²) in [6.45, 7) is 2.03. The summed E-state index contributed by atoms with van der Waals surface area (Å²) >= 11 is 1.46. The Morgan fingerprint density at radius 2 is 1.74 bits per heavy atom. The Kier molecular flexibility index (Phi) is 2.91. The topological polar surface area (TPSA) is 43.1 Å². The molecule has 0 fully saturated rings. The first-order chi connectivity index (χ1) is 9.16. The third-order valence-corrected chi connectivity index (χ3v) is 4.34. The Bertz CT molecular complexity index is 686. The Morgan fingerprint density at radius 1 is 1.05 bits per heavy atom. The fraction of sp³-hybridized carbons (Fsp3) is 0.0625. The maximum atomic E-state index is 12.3. The van der Waals surface area contributed by atoms with Gasteiger partial charge in [0, 0.05) is 10.5 Å². The molecule has 19 heavy (non-hydrogen) atoms. The second kappa shape index (κ2) is 4.59. The van der Waals surface area contributed by atoms with Crippen LogP contribution >= 0.6 is 11.8 Å². The predicted molar refractivity (Wildman–Crippen MR) is 78.9 cm³/mol. The molecule has 0 aromatic heterocycles. The summed E-state index contributed by atoms with van der Waals surface area (Å²) in [6.07, 6.45) is 0. The molecule has 0 atom stereocenters. The Morgan fingerprint density at radius 3 is 2.42 bits per heavy atom. The number of allylic oxidation sites excluding steroid dienone is 1. The zero-order valence-corrected chi connectivity index (χ0v) is 11.3. The molecule has 2 aromatic rings. The van der Waals surface area contributed by atoms with Gasteiger partial charge in [-0.25, -0.2) is 0 Å². The molecule has 3 rings (SSSR count). The SMILES string of the molecule is Cc1ccc(C(N)=C2Sc3ccccc3C2=O)cc1. The molecule has 0 unspecified atom stereocenters. The van der Waals surface area contributed by atoms with Crippen molar-refractivity contribution >= 4 is 23.2 Å². The van der Waals surface area contributed by atoms with Crippen LogP contribution in [0.5, 0.6) is 0 Å². The molecule has 2 nitrogen and oxygen atoms in total. The van der Waals surface area contributed by atoms with Crippen molar-refractivity contribution < 1.29 is 4.79 Å². The van der Waals surface area contributed by atoms with Gasteiger partial charge in [-0.15, -0.1) is 0 Å². The monoisotopic (exact) mass is 267 g/mol. The largest absolute Gasteiger partial charge is 0.397 e. The van der Waals surface area contributed by atoms with Crippen molar-refractivity contribution in [3.05, 3.63) is 70.1 Å². The zero-order valence-electron chi connectivity index (χ0n) is 10.5. The summed E-state index contributed by atoms with van der Waals surface area (Å²) in [6, 6.07) is 15.5. The number of Topliss-reactive ketones (excluding diaryl/α,β-unsaturated/α-hetero) is 1. The lowest BCUT2D eigenvalue weighted by Gasteiger charge is -2.05. The molecule has 0 saturated carbocycles. The summed E-state index contributed by atoms with van der Waals surface area (Å²) in [5.41, 5.74) is 9.54. The van der Waals surface area contributed by atoms with Crippen molar-refractivity contribution in [3.8, 4) is 0 Å². The maximum Gasteiger partial charge on any atom is 0.202 e. The van der Waals surface area contributed by atoms with Gasteiger partial charge in [0.25, 0.3) is 0 Å². The van der Waals surface area contributed by atoms with E-state index in [1.165, 1.54) is 17.3 Å². The van der Waals surface area contributed by atoms with Crippen molar-refractivity contribution in [1.29, 1.82) is 0 Å². The van der Waals surface area contributed by atoms with Gasteiger partial charge in [-0.2, -0.15) is 0 Å². The van der Waals surface area contributed by atoms with E-state index >= 15 is 0 Å². The second-order valence-electron chi connectivity index (χ2n) is 4.54. The highest BCUT2D eigenvalue weighted by Gasteiger charge is 2.27. The van der Waals surface area contributed by atoms with Crippen LogP contribution in [0, 0.1) is 6.92 Å². The Labute approximate surface area is 116 Å². The van der Waals surface area contributed by atoms with E-state index in [4.69, 9.17) is 5.73 Å². The van der Waals surface area contributed by atoms with Crippen molar-refractivity contribution in [2.75, 3.05) is 0 Å². The molecule has 0 amide bonds. The lowest BCUT2D eigenvalue weighted by atomic mass is 10.1. The summed E-state index contributed by atoms with van der Waals surface area (Å²) in [5, 5.41) is 0. The van der Waals surface area contributed by atoms with Gasteiger partial charge >= 0.3 is 0 Å². The number of ketones is 1. The summed E-state index contributed by atoms with van der Waals surface area (Å²) in [7, 11) is 0. The van der Waals surface area contributed by atoms with Crippen LogP contribution in [0.2, 0.25) is 0 Å². The number of carbonyl (C=O) groups is 1. The smallest absolute Gasteiger partial charge is 0.202 e. The molecule has 0 spiro atoms. The van der Waals surface area contributed by atoms with Crippen LogP contribution in [0.4, 0.5) is 0 Å². The normalized spacial score (nSPS) is 16.4. The standard InChI is InChI=1S/C16H13NOS/c1-10-6-8-11(9-7-10)14(17)16-15(18)12-4-2-3-5-13(12)19-16/h2-9H,17H2,1H3. The summed E-state index contributed by atoms with van der Waals surface area (Å²) in [4.78, 5) is 13.9. The number of hydrogen-bond donors (Lipinski definition) is 1. The van der Waals surface area contributed by atoms with E-state index in [1.54, 1.807) is 0 Å². The Hall–Kier alpha value is -2.00. The first kappa shape index (κ1) is 12.1. The first-order valence-electron chi connectivity index (χ1n) is 6.05. The molecule has 1 heterocycles. The Balaban J connectivity index is 2.06. The van der Waals surface area contributed by atoms with Gasteiger partial charge in [-0.1, -0.05) is 53.7 Å². The number of fused-ring (bicyclic) bond motifs is 1. The summed E-state index contributed by atoms with van der Waals surface area (Å²) in [5.74, 6) is 0.0266. The first-order valence-corrected chi connectivity index (χ1v) is 6.87. The second-order valence-corrected chi connectivity index (χ2v) is 5.59. The number of nitrogens with two attached hydrogens (primary N) is 1. The fourth-order valence-electron chi connectivity index (χ4n) is 2.06. The van der Waals surface area contributed by atoms with Gasteiger partial charge in [-0.05, 0) is 24.6 Å². The number of thioether (sulfide) groups is 1. The molecule has 0 radical (unpaired) electrons. The van der Waals surface area contributed by atoms with E-state index in [1.807, 2.05) is 55.5 Å². The van der Waals surface area contributed by atoms with E-state index in [-0.39, 0.29) is 5.78 Å². The van der Waals surface area contributed by atoms with Crippen LogP contribution in [0.1, 0.15) is 21.5 Å². The van der Waals surface area contributed by atoms with Crippen LogP contribution < -0.4 is 5.73 Å². The van der Waals surface area contributed by atoms with Gasteiger partial charge in [0.15, 0.2) is 0 Å². The molecule has 1 aliphatic rings. The molecule has 1 aliphatic heterocycles. The highest BCUT2D eigenvalue weighted by atomic mass is 32.2. The van der Waals surface area contributed by atoms with Crippen LogP contribution in [0.25, 0.3) is 5.70 Å².